The first-order valence-corrected chi connectivity index (χ1v) is 6.12. The Balaban J connectivity index is 2.55. The SMILES string of the molecule is CCC(C)(C(N)=S)N1C(=O)c2ccccc2C1=O. The van der Waals surface area contributed by atoms with Crippen LogP contribution in [0.15, 0.2) is 24.3 Å². The lowest BCUT2D eigenvalue weighted by atomic mass is 9.96. The van der Waals surface area contributed by atoms with Crippen LogP contribution in [0, 0.1) is 0 Å². The first-order valence-electron chi connectivity index (χ1n) is 5.71. The summed E-state index contributed by atoms with van der Waals surface area (Å²) in [6, 6.07) is 6.76. The number of benzene rings is 1. The summed E-state index contributed by atoms with van der Waals surface area (Å²) in [5.74, 6) is -0.652. The molecular weight excluding hydrogens is 248 g/mol. The van der Waals surface area contributed by atoms with E-state index in [0.717, 1.165) is 0 Å². The van der Waals surface area contributed by atoms with Crippen molar-refractivity contribution in [2.45, 2.75) is 25.8 Å². The Hall–Kier alpha value is -1.75. The zero-order valence-corrected chi connectivity index (χ0v) is 11.1. The lowest BCUT2D eigenvalue weighted by Gasteiger charge is -2.35. The molecule has 2 N–H and O–H groups in total. The molecule has 1 aliphatic rings. The smallest absolute Gasteiger partial charge is 0.262 e. The lowest BCUT2D eigenvalue weighted by molar-refractivity contribution is 0.0539. The Morgan fingerprint density at radius 3 is 2.06 bits per heavy atom. The van der Waals surface area contributed by atoms with Crippen molar-refractivity contribution in [2.24, 2.45) is 5.73 Å². The van der Waals surface area contributed by atoms with E-state index in [4.69, 9.17) is 18.0 Å². The predicted octanol–water partition coefficient (Wildman–Crippen LogP) is 1.74. The highest BCUT2D eigenvalue weighted by Crippen LogP contribution is 2.31. The summed E-state index contributed by atoms with van der Waals surface area (Å²) in [5, 5.41) is 0. The summed E-state index contributed by atoms with van der Waals surface area (Å²) in [7, 11) is 0. The van der Waals surface area contributed by atoms with Crippen molar-refractivity contribution in [3.05, 3.63) is 35.4 Å². The molecule has 1 atom stereocenters. The number of nitrogens with two attached hydrogens (primary N) is 1. The molecule has 18 heavy (non-hydrogen) atoms. The van der Waals surface area contributed by atoms with Crippen molar-refractivity contribution in [1.82, 2.24) is 4.90 Å². The van der Waals surface area contributed by atoms with E-state index in [0.29, 0.717) is 17.5 Å². The van der Waals surface area contributed by atoms with Gasteiger partial charge in [0.25, 0.3) is 11.8 Å². The van der Waals surface area contributed by atoms with Gasteiger partial charge in [0.2, 0.25) is 0 Å². The molecule has 0 fully saturated rings. The summed E-state index contributed by atoms with van der Waals surface area (Å²) in [6.45, 7) is 3.57. The maximum Gasteiger partial charge on any atom is 0.262 e. The Kier molecular flexibility index (Phi) is 2.94. The van der Waals surface area contributed by atoms with Crippen LogP contribution >= 0.6 is 12.2 Å². The first kappa shape index (κ1) is 12.7. The zero-order chi connectivity index (χ0) is 13.5. The third-order valence-electron chi connectivity index (χ3n) is 3.51. The van der Waals surface area contributed by atoms with Gasteiger partial charge in [0.15, 0.2) is 0 Å². The van der Waals surface area contributed by atoms with Gasteiger partial charge in [-0.05, 0) is 25.5 Å². The average molecular weight is 262 g/mol. The predicted molar refractivity (Wildman–Crippen MR) is 72.4 cm³/mol. The lowest BCUT2D eigenvalue weighted by Crippen LogP contribution is -2.56. The van der Waals surface area contributed by atoms with Gasteiger partial charge in [-0.3, -0.25) is 14.5 Å². The molecule has 1 unspecified atom stereocenters. The van der Waals surface area contributed by atoms with Crippen molar-refractivity contribution in [3.63, 3.8) is 0 Å². The number of carbonyl (C=O) groups is 2. The molecule has 0 saturated heterocycles. The molecule has 2 rings (SSSR count). The quantitative estimate of drug-likeness (QED) is 0.665. The molecule has 4 nitrogen and oxygen atoms in total. The van der Waals surface area contributed by atoms with Gasteiger partial charge < -0.3 is 5.73 Å². The summed E-state index contributed by atoms with van der Waals surface area (Å²) in [4.78, 5) is 25.9. The minimum atomic E-state index is -0.914. The van der Waals surface area contributed by atoms with Crippen molar-refractivity contribution >= 4 is 29.0 Å². The second kappa shape index (κ2) is 4.17. The van der Waals surface area contributed by atoms with Gasteiger partial charge in [-0.25, -0.2) is 0 Å². The molecular formula is C13H14N2O2S. The third kappa shape index (κ3) is 1.54. The van der Waals surface area contributed by atoms with Crippen molar-refractivity contribution in [3.8, 4) is 0 Å². The van der Waals surface area contributed by atoms with Crippen LogP contribution in [0.1, 0.15) is 41.0 Å². The summed E-state index contributed by atoms with van der Waals surface area (Å²) in [5.41, 5.74) is 5.62. The highest BCUT2D eigenvalue weighted by atomic mass is 32.1. The molecule has 0 aliphatic carbocycles. The van der Waals surface area contributed by atoms with Crippen LogP contribution in [0.4, 0.5) is 0 Å². The fraction of sp³-hybridized carbons (Fsp3) is 0.308. The maximum absolute atomic E-state index is 12.3. The number of nitrogens with zero attached hydrogens (tertiary/aromatic N) is 1. The fourth-order valence-corrected chi connectivity index (χ4v) is 2.32. The maximum atomic E-state index is 12.3. The Morgan fingerprint density at radius 2 is 1.72 bits per heavy atom. The second-order valence-corrected chi connectivity index (χ2v) is 4.92. The molecule has 94 valence electrons. The van der Waals surface area contributed by atoms with Crippen molar-refractivity contribution in [2.75, 3.05) is 0 Å². The number of amides is 2. The monoisotopic (exact) mass is 262 g/mol. The molecule has 1 aromatic rings. The van der Waals surface area contributed by atoms with Gasteiger partial charge in [0.1, 0.15) is 0 Å². The van der Waals surface area contributed by atoms with Crippen molar-refractivity contribution in [1.29, 1.82) is 0 Å². The molecule has 1 aliphatic heterocycles. The van der Waals surface area contributed by atoms with Crippen LogP contribution in [-0.4, -0.2) is 27.2 Å². The highest BCUT2D eigenvalue weighted by Gasteiger charge is 2.46. The van der Waals surface area contributed by atoms with Gasteiger partial charge >= 0.3 is 0 Å². The molecule has 0 bridgehead atoms. The minimum Gasteiger partial charge on any atom is -0.391 e. The molecule has 0 saturated carbocycles. The Bertz CT molecular complexity index is 521. The van der Waals surface area contributed by atoms with Gasteiger partial charge in [0, 0.05) is 0 Å². The van der Waals surface area contributed by atoms with Crippen LogP contribution in [-0.2, 0) is 0 Å². The first-order chi connectivity index (χ1) is 8.43. The zero-order valence-electron chi connectivity index (χ0n) is 10.3. The molecule has 2 amide bonds. The molecule has 5 heteroatoms. The number of rotatable bonds is 3. The average Bonchev–Trinajstić information content (AvgIpc) is 2.62. The van der Waals surface area contributed by atoms with E-state index in [1.165, 1.54) is 4.90 Å². The molecule has 0 spiro atoms. The van der Waals surface area contributed by atoms with E-state index in [1.54, 1.807) is 31.2 Å². The van der Waals surface area contributed by atoms with E-state index in [9.17, 15) is 9.59 Å². The summed E-state index contributed by atoms with van der Waals surface area (Å²) in [6.07, 6.45) is 0.494. The molecule has 0 aromatic heterocycles. The van der Waals surface area contributed by atoms with Gasteiger partial charge in [-0.15, -0.1) is 0 Å². The van der Waals surface area contributed by atoms with E-state index < -0.39 is 5.54 Å². The third-order valence-corrected chi connectivity index (χ3v) is 3.95. The normalized spacial score (nSPS) is 17.6. The summed E-state index contributed by atoms with van der Waals surface area (Å²) < 4.78 is 0. The van der Waals surface area contributed by atoms with Crippen LogP contribution in [0.5, 0.6) is 0 Å². The van der Waals surface area contributed by atoms with E-state index in [1.807, 2.05) is 6.92 Å². The van der Waals surface area contributed by atoms with Gasteiger partial charge in [-0.1, -0.05) is 31.3 Å². The highest BCUT2D eigenvalue weighted by molar-refractivity contribution is 7.80. The van der Waals surface area contributed by atoms with Crippen LogP contribution in [0.25, 0.3) is 0 Å². The number of hydrogen-bond donors (Lipinski definition) is 1. The molecule has 1 aromatic carbocycles. The van der Waals surface area contributed by atoms with Crippen LogP contribution < -0.4 is 5.73 Å². The molecule has 1 heterocycles. The number of hydrogen-bond acceptors (Lipinski definition) is 3. The van der Waals surface area contributed by atoms with E-state index in [-0.39, 0.29) is 16.8 Å². The van der Waals surface area contributed by atoms with Gasteiger partial charge in [0.05, 0.1) is 21.7 Å². The second-order valence-electron chi connectivity index (χ2n) is 4.48. The van der Waals surface area contributed by atoms with Crippen LogP contribution in [0.3, 0.4) is 0 Å². The fourth-order valence-electron chi connectivity index (χ4n) is 2.08. The van der Waals surface area contributed by atoms with Crippen LogP contribution in [0.2, 0.25) is 0 Å². The van der Waals surface area contributed by atoms with Gasteiger partial charge in [-0.2, -0.15) is 0 Å². The topological polar surface area (TPSA) is 63.4 Å². The number of imide groups is 1. The molecule has 0 radical (unpaired) electrons. The number of thiocarbonyl (C=S) groups is 1. The minimum absolute atomic E-state index is 0.152. The largest absolute Gasteiger partial charge is 0.391 e. The number of fused-ring (bicyclic) bond motifs is 1. The summed E-state index contributed by atoms with van der Waals surface area (Å²) >= 11 is 5.01. The van der Waals surface area contributed by atoms with E-state index in [2.05, 4.69) is 0 Å². The Labute approximate surface area is 111 Å². The standard InChI is InChI=1S/C13H14N2O2S/c1-3-13(2,12(14)18)15-10(16)8-6-4-5-7-9(8)11(15)17/h4-7H,3H2,1-2H3,(H2,14,18). The Morgan fingerprint density at radius 1 is 1.28 bits per heavy atom. The van der Waals surface area contributed by atoms with Crippen molar-refractivity contribution < 1.29 is 9.59 Å². The van der Waals surface area contributed by atoms with E-state index >= 15 is 0 Å². The number of carbonyl (C=O) groups excluding carboxylic acids is 2.